The molecule has 0 saturated heterocycles. The van der Waals surface area contributed by atoms with Crippen LogP contribution in [0.3, 0.4) is 0 Å². The van der Waals surface area contributed by atoms with Crippen LogP contribution >= 0.6 is 11.6 Å². The van der Waals surface area contributed by atoms with E-state index >= 15 is 0 Å². The molecule has 3 rings (SSSR count). The molecule has 0 unspecified atom stereocenters. The Kier molecular flexibility index (Phi) is 4.44. The van der Waals surface area contributed by atoms with E-state index in [1.807, 2.05) is 26.0 Å². The Balaban J connectivity index is 1.88. The topological polar surface area (TPSA) is 47.6 Å². The Labute approximate surface area is 140 Å². The SMILES string of the molecule is CCOc1cc2c(cc1NC(=O)c1ccc(Cl)cc1)O[C@H](C)C2. The summed E-state index contributed by atoms with van der Waals surface area (Å²) in [4.78, 5) is 12.4. The van der Waals surface area contributed by atoms with Crippen LogP contribution in [0.1, 0.15) is 29.8 Å². The Morgan fingerprint density at radius 2 is 2.09 bits per heavy atom. The number of fused-ring (bicyclic) bond motifs is 1. The molecule has 4 nitrogen and oxygen atoms in total. The normalized spacial score (nSPS) is 15.7. The highest BCUT2D eigenvalue weighted by Gasteiger charge is 2.22. The summed E-state index contributed by atoms with van der Waals surface area (Å²) in [5.74, 6) is 1.24. The van der Waals surface area contributed by atoms with Gasteiger partial charge in [0, 0.05) is 28.6 Å². The van der Waals surface area contributed by atoms with Crippen LogP contribution in [-0.4, -0.2) is 18.6 Å². The second-order valence-corrected chi connectivity index (χ2v) is 5.92. The molecule has 2 aromatic rings. The molecule has 1 amide bonds. The molecule has 0 fully saturated rings. The molecule has 0 bridgehead atoms. The molecule has 0 aromatic heterocycles. The molecule has 1 aliphatic heterocycles. The van der Waals surface area contributed by atoms with Gasteiger partial charge < -0.3 is 14.8 Å². The molecule has 0 aliphatic carbocycles. The summed E-state index contributed by atoms with van der Waals surface area (Å²) in [6.07, 6.45) is 0.988. The standard InChI is InChI=1S/C18H18ClNO3/c1-3-22-17-9-13-8-11(2)23-16(13)10-15(17)20-18(21)12-4-6-14(19)7-5-12/h4-7,9-11H,3,8H2,1-2H3,(H,20,21)/t11-/m1/s1. The predicted octanol–water partition coefficient (Wildman–Crippen LogP) is 4.31. The van der Waals surface area contributed by atoms with E-state index in [0.717, 1.165) is 17.7 Å². The maximum Gasteiger partial charge on any atom is 0.255 e. The van der Waals surface area contributed by atoms with Crippen molar-refractivity contribution in [1.29, 1.82) is 0 Å². The largest absolute Gasteiger partial charge is 0.492 e. The van der Waals surface area contributed by atoms with Crippen LogP contribution in [0.4, 0.5) is 5.69 Å². The second kappa shape index (κ2) is 6.50. The van der Waals surface area contributed by atoms with Crippen LogP contribution in [0, 0.1) is 0 Å². The van der Waals surface area contributed by atoms with Crippen molar-refractivity contribution in [3.05, 3.63) is 52.5 Å². The average Bonchev–Trinajstić information content (AvgIpc) is 2.87. The maximum atomic E-state index is 12.4. The van der Waals surface area contributed by atoms with Crippen molar-refractivity contribution in [2.45, 2.75) is 26.4 Å². The van der Waals surface area contributed by atoms with Gasteiger partial charge in [-0.3, -0.25) is 4.79 Å². The predicted molar refractivity (Wildman–Crippen MR) is 90.8 cm³/mol. The monoisotopic (exact) mass is 331 g/mol. The first kappa shape index (κ1) is 15.7. The summed E-state index contributed by atoms with van der Waals surface area (Å²) >= 11 is 5.85. The maximum absolute atomic E-state index is 12.4. The minimum absolute atomic E-state index is 0.140. The van der Waals surface area contributed by atoms with Gasteiger partial charge in [-0.1, -0.05) is 11.6 Å². The van der Waals surface area contributed by atoms with Gasteiger partial charge in [0.25, 0.3) is 5.91 Å². The second-order valence-electron chi connectivity index (χ2n) is 5.48. The number of amides is 1. The van der Waals surface area contributed by atoms with E-state index in [9.17, 15) is 4.79 Å². The van der Waals surface area contributed by atoms with Gasteiger partial charge in [0.05, 0.1) is 12.3 Å². The Morgan fingerprint density at radius 1 is 1.35 bits per heavy atom. The van der Waals surface area contributed by atoms with E-state index in [2.05, 4.69) is 5.32 Å². The van der Waals surface area contributed by atoms with Crippen molar-refractivity contribution in [1.82, 2.24) is 0 Å². The van der Waals surface area contributed by atoms with Crippen molar-refractivity contribution in [2.24, 2.45) is 0 Å². The average molecular weight is 332 g/mol. The van der Waals surface area contributed by atoms with Gasteiger partial charge in [0.1, 0.15) is 17.6 Å². The number of nitrogens with one attached hydrogen (secondary N) is 1. The van der Waals surface area contributed by atoms with Crippen molar-refractivity contribution in [3.63, 3.8) is 0 Å². The van der Waals surface area contributed by atoms with Gasteiger partial charge in [-0.2, -0.15) is 0 Å². The lowest BCUT2D eigenvalue weighted by Gasteiger charge is -2.13. The molecule has 1 N–H and O–H groups in total. The van der Waals surface area contributed by atoms with Crippen LogP contribution in [0.25, 0.3) is 0 Å². The summed E-state index contributed by atoms with van der Waals surface area (Å²) in [5.41, 5.74) is 2.25. The van der Waals surface area contributed by atoms with Gasteiger partial charge in [0.2, 0.25) is 0 Å². The van der Waals surface area contributed by atoms with Crippen LogP contribution in [0.15, 0.2) is 36.4 Å². The summed E-state index contributed by atoms with van der Waals surface area (Å²) in [6.45, 7) is 4.46. The number of halogens is 1. The summed E-state index contributed by atoms with van der Waals surface area (Å²) in [5, 5.41) is 3.48. The van der Waals surface area contributed by atoms with E-state index in [1.165, 1.54) is 0 Å². The first-order valence-electron chi connectivity index (χ1n) is 7.60. The zero-order valence-corrected chi connectivity index (χ0v) is 13.8. The fourth-order valence-corrected chi connectivity index (χ4v) is 2.73. The zero-order valence-electron chi connectivity index (χ0n) is 13.1. The Hall–Kier alpha value is -2.20. The number of carbonyl (C=O) groups is 1. The van der Waals surface area contributed by atoms with E-state index in [4.69, 9.17) is 21.1 Å². The molecule has 23 heavy (non-hydrogen) atoms. The highest BCUT2D eigenvalue weighted by Crippen LogP contribution is 2.38. The molecule has 1 atom stereocenters. The third-order valence-electron chi connectivity index (χ3n) is 3.65. The first-order chi connectivity index (χ1) is 11.1. The molecular formula is C18H18ClNO3. The van der Waals surface area contributed by atoms with Gasteiger partial charge >= 0.3 is 0 Å². The smallest absolute Gasteiger partial charge is 0.255 e. The quantitative estimate of drug-likeness (QED) is 0.907. The number of benzene rings is 2. The fourth-order valence-electron chi connectivity index (χ4n) is 2.61. The molecule has 0 spiro atoms. The molecule has 120 valence electrons. The lowest BCUT2D eigenvalue weighted by Crippen LogP contribution is -2.13. The first-order valence-corrected chi connectivity index (χ1v) is 7.98. The minimum Gasteiger partial charge on any atom is -0.492 e. The van der Waals surface area contributed by atoms with E-state index < -0.39 is 0 Å². The van der Waals surface area contributed by atoms with E-state index in [-0.39, 0.29) is 12.0 Å². The lowest BCUT2D eigenvalue weighted by atomic mass is 10.1. The number of rotatable bonds is 4. The third kappa shape index (κ3) is 3.42. The molecule has 0 saturated carbocycles. The van der Waals surface area contributed by atoms with Gasteiger partial charge in [0.15, 0.2) is 0 Å². The van der Waals surface area contributed by atoms with Crippen LogP contribution in [-0.2, 0) is 6.42 Å². The number of hydrogen-bond donors (Lipinski definition) is 1. The number of hydrogen-bond acceptors (Lipinski definition) is 3. The van der Waals surface area contributed by atoms with Crippen LogP contribution in [0.2, 0.25) is 5.02 Å². The molecule has 0 radical (unpaired) electrons. The van der Waals surface area contributed by atoms with Gasteiger partial charge in [-0.25, -0.2) is 0 Å². The number of ether oxygens (including phenoxy) is 2. The van der Waals surface area contributed by atoms with Gasteiger partial charge in [-0.15, -0.1) is 0 Å². The summed E-state index contributed by atoms with van der Waals surface area (Å²) in [7, 11) is 0. The highest BCUT2D eigenvalue weighted by atomic mass is 35.5. The molecule has 1 heterocycles. The van der Waals surface area contributed by atoms with E-state index in [0.29, 0.717) is 28.6 Å². The number of anilines is 1. The lowest BCUT2D eigenvalue weighted by molar-refractivity contribution is 0.102. The minimum atomic E-state index is -0.214. The molecular weight excluding hydrogens is 314 g/mol. The Morgan fingerprint density at radius 3 is 2.78 bits per heavy atom. The van der Waals surface area contributed by atoms with Crippen molar-refractivity contribution < 1.29 is 14.3 Å². The van der Waals surface area contributed by atoms with Crippen LogP contribution < -0.4 is 14.8 Å². The summed E-state index contributed by atoms with van der Waals surface area (Å²) < 4.78 is 11.4. The fraction of sp³-hybridized carbons (Fsp3) is 0.278. The number of carbonyl (C=O) groups excluding carboxylic acids is 1. The highest BCUT2D eigenvalue weighted by molar-refractivity contribution is 6.30. The van der Waals surface area contributed by atoms with E-state index in [1.54, 1.807) is 24.3 Å². The molecule has 1 aliphatic rings. The Bertz CT molecular complexity index is 728. The van der Waals surface area contributed by atoms with Gasteiger partial charge in [-0.05, 0) is 44.2 Å². The van der Waals surface area contributed by atoms with Crippen molar-refractivity contribution in [3.8, 4) is 11.5 Å². The zero-order chi connectivity index (χ0) is 16.4. The third-order valence-corrected chi connectivity index (χ3v) is 3.90. The van der Waals surface area contributed by atoms with Crippen LogP contribution in [0.5, 0.6) is 11.5 Å². The summed E-state index contributed by atoms with van der Waals surface area (Å²) in [6, 6.07) is 10.5. The van der Waals surface area contributed by atoms with Crippen molar-refractivity contribution >= 4 is 23.2 Å². The van der Waals surface area contributed by atoms with Crippen molar-refractivity contribution in [2.75, 3.05) is 11.9 Å². The molecule has 5 heteroatoms. The molecule has 2 aromatic carbocycles.